The molecule has 0 unspecified atom stereocenters. The summed E-state index contributed by atoms with van der Waals surface area (Å²) in [6.07, 6.45) is 3.16. The van der Waals surface area contributed by atoms with Crippen LogP contribution in [0.2, 0.25) is 4.34 Å². The van der Waals surface area contributed by atoms with E-state index in [0.717, 1.165) is 24.1 Å². The minimum Gasteiger partial charge on any atom is -0.347 e. The van der Waals surface area contributed by atoms with Crippen molar-refractivity contribution in [1.29, 1.82) is 0 Å². The van der Waals surface area contributed by atoms with Crippen LogP contribution in [-0.4, -0.2) is 29.3 Å². The van der Waals surface area contributed by atoms with Crippen LogP contribution in [0.25, 0.3) is 0 Å². The van der Waals surface area contributed by atoms with Crippen molar-refractivity contribution in [3.63, 3.8) is 0 Å². The molecule has 1 aliphatic rings. The number of rotatable bonds is 4. The van der Waals surface area contributed by atoms with E-state index in [9.17, 15) is 9.59 Å². The van der Waals surface area contributed by atoms with Gasteiger partial charge >= 0.3 is 0 Å². The molecule has 0 spiro atoms. The van der Waals surface area contributed by atoms with Gasteiger partial charge in [-0.05, 0) is 38.3 Å². The van der Waals surface area contributed by atoms with Crippen molar-refractivity contribution in [3.8, 4) is 0 Å². The van der Waals surface area contributed by atoms with E-state index in [4.69, 9.17) is 11.6 Å². The molecule has 21 heavy (non-hydrogen) atoms. The highest BCUT2D eigenvalue weighted by Gasteiger charge is 2.31. The van der Waals surface area contributed by atoms with Gasteiger partial charge in [0.2, 0.25) is 11.8 Å². The summed E-state index contributed by atoms with van der Waals surface area (Å²) >= 11 is 7.39. The monoisotopic (exact) mass is 328 g/mol. The first-order valence-corrected chi connectivity index (χ1v) is 8.57. The zero-order valence-corrected chi connectivity index (χ0v) is 14.0. The number of thiophene rings is 1. The standard InChI is InChI=1S/C15H21ClN2O2S/c1-3-14(19)18-9-5-4-6-11(18)15(20)17-10(2)12-7-8-13(16)21-12/h7-8,10-11H,3-6,9H2,1-2H3,(H,17,20)/t10-,11-/m1/s1. The molecule has 1 aromatic heterocycles. The van der Waals surface area contributed by atoms with Crippen molar-refractivity contribution in [2.24, 2.45) is 0 Å². The maximum absolute atomic E-state index is 12.5. The van der Waals surface area contributed by atoms with E-state index >= 15 is 0 Å². The second-order valence-corrected chi connectivity index (χ2v) is 7.07. The molecule has 116 valence electrons. The molecule has 1 N–H and O–H groups in total. The maximum atomic E-state index is 12.5. The smallest absolute Gasteiger partial charge is 0.243 e. The molecular weight excluding hydrogens is 308 g/mol. The number of halogens is 1. The quantitative estimate of drug-likeness (QED) is 0.921. The molecule has 1 aliphatic heterocycles. The van der Waals surface area contributed by atoms with Gasteiger partial charge < -0.3 is 10.2 Å². The Hall–Kier alpha value is -1.07. The van der Waals surface area contributed by atoms with Crippen molar-refractivity contribution >= 4 is 34.8 Å². The molecular formula is C15H21ClN2O2S. The second kappa shape index (κ2) is 7.27. The zero-order chi connectivity index (χ0) is 15.4. The highest BCUT2D eigenvalue weighted by molar-refractivity contribution is 7.16. The fourth-order valence-corrected chi connectivity index (χ4v) is 3.71. The molecule has 4 nitrogen and oxygen atoms in total. The largest absolute Gasteiger partial charge is 0.347 e. The topological polar surface area (TPSA) is 49.4 Å². The first-order chi connectivity index (χ1) is 10.0. The van der Waals surface area contributed by atoms with Gasteiger partial charge in [-0.15, -0.1) is 11.3 Å². The highest BCUT2D eigenvalue weighted by Crippen LogP contribution is 2.27. The Labute approximate surface area is 134 Å². The van der Waals surface area contributed by atoms with Gasteiger partial charge in [0.1, 0.15) is 6.04 Å². The van der Waals surface area contributed by atoms with E-state index < -0.39 is 0 Å². The SMILES string of the molecule is CCC(=O)N1CCCC[C@@H]1C(=O)N[C@H](C)c1ccc(Cl)s1. The van der Waals surface area contributed by atoms with E-state index in [2.05, 4.69) is 5.32 Å². The van der Waals surface area contributed by atoms with Crippen LogP contribution in [0.1, 0.15) is 50.4 Å². The number of carbonyl (C=O) groups is 2. The molecule has 0 aromatic carbocycles. The van der Waals surface area contributed by atoms with E-state index in [1.165, 1.54) is 11.3 Å². The predicted octanol–water partition coefficient (Wildman–Crippen LogP) is 3.37. The number of hydrogen-bond donors (Lipinski definition) is 1. The van der Waals surface area contributed by atoms with E-state index in [0.29, 0.717) is 17.3 Å². The van der Waals surface area contributed by atoms with Gasteiger partial charge in [0.25, 0.3) is 0 Å². The molecule has 2 heterocycles. The molecule has 0 saturated carbocycles. The molecule has 1 fully saturated rings. The average Bonchev–Trinajstić information content (AvgIpc) is 2.93. The van der Waals surface area contributed by atoms with Crippen LogP contribution in [0, 0.1) is 0 Å². The lowest BCUT2D eigenvalue weighted by molar-refractivity contribution is -0.142. The van der Waals surface area contributed by atoms with Crippen molar-refractivity contribution < 1.29 is 9.59 Å². The third-order valence-corrected chi connectivity index (χ3v) is 5.22. The Morgan fingerprint density at radius 3 is 2.86 bits per heavy atom. The van der Waals surface area contributed by atoms with Gasteiger partial charge in [-0.2, -0.15) is 0 Å². The maximum Gasteiger partial charge on any atom is 0.243 e. The van der Waals surface area contributed by atoms with Crippen LogP contribution < -0.4 is 5.32 Å². The first-order valence-electron chi connectivity index (χ1n) is 7.38. The van der Waals surface area contributed by atoms with Gasteiger partial charge in [-0.25, -0.2) is 0 Å². The van der Waals surface area contributed by atoms with Crippen LogP contribution >= 0.6 is 22.9 Å². The summed E-state index contributed by atoms with van der Waals surface area (Å²) in [4.78, 5) is 27.2. The van der Waals surface area contributed by atoms with Gasteiger partial charge in [0.15, 0.2) is 0 Å². The molecule has 1 saturated heterocycles. The summed E-state index contributed by atoms with van der Waals surface area (Å²) in [5.41, 5.74) is 0. The third kappa shape index (κ3) is 3.98. The van der Waals surface area contributed by atoms with E-state index in [-0.39, 0.29) is 23.9 Å². The van der Waals surface area contributed by atoms with Crippen molar-refractivity contribution in [2.45, 2.75) is 51.6 Å². The molecule has 1 aromatic rings. The predicted molar refractivity (Wildman–Crippen MR) is 85.5 cm³/mol. The second-order valence-electron chi connectivity index (χ2n) is 5.32. The Balaban J connectivity index is 2.02. The zero-order valence-electron chi connectivity index (χ0n) is 12.4. The summed E-state index contributed by atoms with van der Waals surface area (Å²) in [5, 5.41) is 3.01. The highest BCUT2D eigenvalue weighted by atomic mass is 35.5. The molecule has 0 radical (unpaired) electrons. The summed E-state index contributed by atoms with van der Waals surface area (Å²) in [5.74, 6) is -0.00445. The van der Waals surface area contributed by atoms with Crippen molar-refractivity contribution in [3.05, 3.63) is 21.3 Å². The molecule has 2 rings (SSSR count). The third-order valence-electron chi connectivity index (χ3n) is 3.81. The van der Waals surface area contributed by atoms with Gasteiger partial charge in [0, 0.05) is 17.8 Å². The van der Waals surface area contributed by atoms with Crippen LogP contribution in [0.15, 0.2) is 12.1 Å². The normalized spacial score (nSPS) is 20.1. The Morgan fingerprint density at radius 2 is 2.24 bits per heavy atom. The number of amides is 2. The first kappa shape index (κ1) is 16.3. The minimum absolute atomic E-state index is 0.0571. The number of likely N-dealkylation sites (tertiary alicyclic amines) is 1. The molecule has 0 bridgehead atoms. The lowest BCUT2D eigenvalue weighted by atomic mass is 10.0. The fraction of sp³-hybridized carbons (Fsp3) is 0.600. The lowest BCUT2D eigenvalue weighted by Crippen LogP contribution is -2.52. The number of nitrogens with one attached hydrogen (secondary N) is 1. The Bertz CT molecular complexity index is 518. The summed E-state index contributed by atoms with van der Waals surface area (Å²) in [6.45, 7) is 4.46. The van der Waals surface area contributed by atoms with E-state index in [1.54, 1.807) is 4.90 Å². The van der Waals surface area contributed by atoms with Crippen molar-refractivity contribution in [1.82, 2.24) is 10.2 Å². The summed E-state index contributed by atoms with van der Waals surface area (Å²) < 4.78 is 0.714. The van der Waals surface area contributed by atoms with Gasteiger partial charge in [-0.1, -0.05) is 18.5 Å². The minimum atomic E-state index is -0.330. The molecule has 2 amide bonds. The van der Waals surface area contributed by atoms with Crippen molar-refractivity contribution in [2.75, 3.05) is 6.54 Å². The number of carbonyl (C=O) groups excluding carboxylic acids is 2. The number of nitrogens with zero attached hydrogens (tertiary/aromatic N) is 1. The molecule has 2 atom stereocenters. The number of hydrogen-bond acceptors (Lipinski definition) is 3. The molecule has 6 heteroatoms. The summed E-state index contributed by atoms with van der Waals surface area (Å²) in [7, 11) is 0. The van der Waals surface area contributed by atoms with E-state index in [1.807, 2.05) is 26.0 Å². The van der Waals surface area contributed by atoms with Crippen LogP contribution in [0.5, 0.6) is 0 Å². The summed E-state index contributed by atoms with van der Waals surface area (Å²) in [6, 6.07) is 3.34. The van der Waals surface area contributed by atoms with Crippen LogP contribution in [0.4, 0.5) is 0 Å². The van der Waals surface area contributed by atoms with Gasteiger partial charge in [0.05, 0.1) is 10.4 Å². The Kier molecular flexibility index (Phi) is 5.65. The Morgan fingerprint density at radius 1 is 1.48 bits per heavy atom. The average molecular weight is 329 g/mol. The van der Waals surface area contributed by atoms with Crippen LogP contribution in [0.3, 0.4) is 0 Å². The van der Waals surface area contributed by atoms with Gasteiger partial charge in [-0.3, -0.25) is 9.59 Å². The number of piperidine rings is 1. The molecule has 0 aliphatic carbocycles. The fourth-order valence-electron chi connectivity index (χ4n) is 2.65. The lowest BCUT2D eigenvalue weighted by Gasteiger charge is -2.35. The van der Waals surface area contributed by atoms with Crippen LogP contribution in [-0.2, 0) is 9.59 Å².